The van der Waals surface area contributed by atoms with Crippen LogP contribution in [0.25, 0.3) is 5.69 Å². The maximum Gasteiger partial charge on any atom is 0.269 e. The summed E-state index contributed by atoms with van der Waals surface area (Å²) in [4.78, 5) is 11.6. The van der Waals surface area contributed by atoms with E-state index in [1.165, 1.54) is 17.7 Å². The van der Waals surface area contributed by atoms with Crippen LogP contribution in [0.2, 0.25) is 0 Å². The number of nitrogens with two attached hydrogens (primary N) is 1. The standard InChI is InChI=1S/C21H20N4O5/c1-12-8-17(24-30-12)20(2,27)7-6-13-4-5-16-15(9-13)25-18(21(3,28)11-29-16)10-14(23-25)19(22)26/h4-5,8-10,27-28H,11H2,1-3H3,(H2,22,26). The second kappa shape index (κ2) is 6.73. The van der Waals surface area contributed by atoms with E-state index in [2.05, 4.69) is 22.1 Å². The maximum atomic E-state index is 11.6. The number of nitrogens with zero attached hydrogens (tertiary/aromatic N) is 3. The second-order valence-electron chi connectivity index (χ2n) is 7.58. The van der Waals surface area contributed by atoms with Crippen molar-refractivity contribution >= 4 is 5.91 Å². The van der Waals surface area contributed by atoms with Crippen LogP contribution < -0.4 is 10.5 Å². The number of fused-ring (bicyclic) bond motifs is 3. The minimum absolute atomic E-state index is 0.0268. The highest BCUT2D eigenvalue weighted by Gasteiger charge is 2.34. The van der Waals surface area contributed by atoms with E-state index in [1.807, 2.05) is 0 Å². The quantitative estimate of drug-likeness (QED) is 0.541. The first-order valence-corrected chi connectivity index (χ1v) is 9.16. The molecule has 4 rings (SSSR count). The van der Waals surface area contributed by atoms with E-state index >= 15 is 0 Å². The number of rotatable bonds is 2. The van der Waals surface area contributed by atoms with Gasteiger partial charge in [-0.15, -0.1) is 0 Å². The van der Waals surface area contributed by atoms with Crippen molar-refractivity contribution in [2.45, 2.75) is 32.0 Å². The molecule has 2 atom stereocenters. The fourth-order valence-corrected chi connectivity index (χ4v) is 3.10. The van der Waals surface area contributed by atoms with Crippen molar-refractivity contribution in [1.29, 1.82) is 0 Å². The predicted octanol–water partition coefficient (Wildman–Crippen LogP) is 1.13. The summed E-state index contributed by atoms with van der Waals surface area (Å²) in [7, 11) is 0. The second-order valence-corrected chi connectivity index (χ2v) is 7.58. The Balaban J connectivity index is 1.78. The van der Waals surface area contributed by atoms with Crippen LogP contribution in [0.3, 0.4) is 0 Å². The molecular weight excluding hydrogens is 388 g/mol. The van der Waals surface area contributed by atoms with Crippen molar-refractivity contribution in [3.8, 4) is 23.3 Å². The van der Waals surface area contributed by atoms with Crippen LogP contribution >= 0.6 is 0 Å². The van der Waals surface area contributed by atoms with Gasteiger partial charge in [0.2, 0.25) is 0 Å². The van der Waals surface area contributed by atoms with E-state index in [4.69, 9.17) is 15.0 Å². The minimum atomic E-state index is -1.51. The van der Waals surface area contributed by atoms with Crippen LogP contribution in [0.1, 0.15) is 47.0 Å². The molecule has 30 heavy (non-hydrogen) atoms. The highest BCUT2D eigenvalue weighted by Crippen LogP contribution is 2.34. The van der Waals surface area contributed by atoms with Gasteiger partial charge in [-0.3, -0.25) is 4.79 Å². The van der Waals surface area contributed by atoms with Gasteiger partial charge in [0.1, 0.15) is 35.1 Å². The van der Waals surface area contributed by atoms with Gasteiger partial charge in [-0.05, 0) is 45.0 Å². The number of carbonyl (C=O) groups excluding carboxylic acids is 1. The Morgan fingerprint density at radius 2 is 2.13 bits per heavy atom. The summed E-state index contributed by atoms with van der Waals surface area (Å²) in [6, 6.07) is 8.15. The Hall–Kier alpha value is -3.61. The SMILES string of the molecule is Cc1cc(C(C)(O)C#Cc2ccc3c(c2)-n2nc(C(N)=O)cc2C(C)(O)CO3)no1. The molecule has 1 aliphatic rings. The van der Waals surface area contributed by atoms with E-state index < -0.39 is 17.1 Å². The van der Waals surface area contributed by atoms with Crippen molar-refractivity contribution in [2.24, 2.45) is 5.73 Å². The lowest BCUT2D eigenvalue weighted by atomic mass is 10.0. The number of aromatic nitrogens is 3. The van der Waals surface area contributed by atoms with Gasteiger partial charge >= 0.3 is 0 Å². The van der Waals surface area contributed by atoms with Gasteiger partial charge in [0.25, 0.3) is 5.91 Å². The minimum Gasteiger partial charge on any atom is -0.488 e. The molecule has 9 nitrogen and oxygen atoms in total. The molecule has 0 bridgehead atoms. The third-order valence-electron chi connectivity index (χ3n) is 4.79. The number of ether oxygens (including phenoxy) is 1. The fraction of sp³-hybridized carbons (Fsp3) is 0.286. The van der Waals surface area contributed by atoms with Crippen LogP contribution in [0, 0.1) is 18.8 Å². The van der Waals surface area contributed by atoms with Gasteiger partial charge < -0.3 is 25.2 Å². The lowest BCUT2D eigenvalue weighted by molar-refractivity contribution is 0.00607. The third-order valence-corrected chi connectivity index (χ3v) is 4.79. The topological polar surface area (TPSA) is 137 Å². The number of hydrogen-bond donors (Lipinski definition) is 3. The fourth-order valence-electron chi connectivity index (χ4n) is 3.10. The Morgan fingerprint density at radius 1 is 1.37 bits per heavy atom. The molecule has 0 radical (unpaired) electrons. The number of aliphatic hydroxyl groups is 2. The lowest BCUT2D eigenvalue weighted by Gasteiger charge is -2.20. The molecule has 0 saturated heterocycles. The summed E-state index contributed by atoms with van der Waals surface area (Å²) in [6.45, 7) is 4.78. The van der Waals surface area contributed by atoms with E-state index in [-0.39, 0.29) is 12.3 Å². The van der Waals surface area contributed by atoms with Crippen molar-refractivity contribution in [3.63, 3.8) is 0 Å². The summed E-state index contributed by atoms with van der Waals surface area (Å²) in [6.07, 6.45) is 0. The first kappa shape index (κ1) is 19.7. The molecule has 0 spiro atoms. The Kier molecular flexibility index (Phi) is 4.42. The molecule has 1 amide bonds. The van der Waals surface area contributed by atoms with Crippen molar-refractivity contribution in [3.05, 3.63) is 58.7 Å². The van der Waals surface area contributed by atoms with E-state index in [0.717, 1.165) is 0 Å². The molecule has 9 heteroatoms. The van der Waals surface area contributed by atoms with Crippen molar-refractivity contribution in [2.75, 3.05) is 6.61 Å². The van der Waals surface area contributed by atoms with Crippen LogP contribution in [0.5, 0.6) is 5.75 Å². The number of aryl methyl sites for hydroxylation is 1. The average molecular weight is 408 g/mol. The molecule has 4 N–H and O–H groups in total. The van der Waals surface area contributed by atoms with E-state index in [9.17, 15) is 15.0 Å². The maximum absolute atomic E-state index is 11.6. The van der Waals surface area contributed by atoms with Crippen LogP contribution in [0.15, 0.2) is 34.9 Å². The molecule has 0 fully saturated rings. The monoisotopic (exact) mass is 408 g/mol. The Bertz CT molecular complexity index is 1210. The number of carbonyl (C=O) groups is 1. The normalized spacial score (nSPS) is 19.4. The van der Waals surface area contributed by atoms with Gasteiger partial charge in [0.15, 0.2) is 11.3 Å². The van der Waals surface area contributed by atoms with Crippen LogP contribution in [0.4, 0.5) is 0 Å². The molecule has 2 aromatic heterocycles. The highest BCUT2D eigenvalue weighted by molar-refractivity contribution is 5.91. The lowest BCUT2D eigenvalue weighted by Crippen LogP contribution is -2.30. The molecule has 154 valence electrons. The largest absolute Gasteiger partial charge is 0.488 e. The molecular formula is C21H20N4O5. The molecule has 0 aliphatic carbocycles. The summed E-state index contributed by atoms with van der Waals surface area (Å²) in [5.74, 6) is 6.01. The van der Waals surface area contributed by atoms with Gasteiger partial charge in [-0.25, -0.2) is 4.68 Å². The zero-order chi connectivity index (χ0) is 21.7. The number of hydrogen-bond acceptors (Lipinski definition) is 7. The molecule has 3 heterocycles. The first-order valence-electron chi connectivity index (χ1n) is 9.16. The van der Waals surface area contributed by atoms with Gasteiger partial charge in [0, 0.05) is 11.6 Å². The van der Waals surface area contributed by atoms with E-state index in [0.29, 0.717) is 34.1 Å². The van der Waals surface area contributed by atoms with Gasteiger partial charge in [-0.2, -0.15) is 5.10 Å². The van der Waals surface area contributed by atoms with Crippen molar-refractivity contribution < 1.29 is 24.3 Å². The Morgan fingerprint density at radius 3 is 2.80 bits per heavy atom. The van der Waals surface area contributed by atoms with Crippen molar-refractivity contribution in [1.82, 2.24) is 14.9 Å². The smallest absolute Gasteiger partial charge is 0.269 e. The summed E-state index contributed by atoms with van der Waals surface area (Å²) < 4.78 is 12.2. The average Bonchev–Trinajstić information content (AvgIpc) is 3.30. The summed E-state index contributed by atoms with van der Waals surface area (Å²) >= 11 is 0. The molecule has 3 aromatic rings. The summed E-state index contributed by atoms with van der Waals surface area (Å²) in [5.41, 5.74) is 4.20. The van der Waals surface area contributed by atoms with Gasteiger partial charge in [0.05, 0.1) is 5.69 Å². The highest BCUT2D eigenvalue weighted by atomic mass is 16.5. The van der Waals surface area contributed by atoms with Gasteiger partial charge in [-0.1, -0.05) is 17.0 Å². The number of primary amides is 1. The Labute approximate surface area is 172 Å². The molecule has 1 aromatic carbocycles. The molecule has 0 saturated carbocycles. The van der Waals surface area contributed by atoms with E-state index in [1.54, 1.807) is 38.1 Å². The van der Waals surface area contributed by atoms with Crippen LogP contribution in [-0.2, 0) is 11.2 Å². The first-order chi connectivity index (χ1) is 14.1. The molecule has 1 aliphatic heterocycles. The number of benzene rings is 1. The zero-order valence-corrected chi connectivity index (χ0v) is 16.6. The summed E-state index contributed by atoms with van der Waals surface area (Å²) in [5, 5.41) is 29.4. The predicted molar refractivity (Wildman–Crippen MR) is 105 cm³/mol. The van der Waals surface area contributed by atoms with Crippen LogP contribution in [-0.4, -0.2) is 37.7 Å². The molecule has 2 unspecified atom stereocenters. The third kappa shape index (κ3) is 3.43. The zero-order valence-electron chi connectivity index (χ0n) is 16.6. The number of amides is 1.